The van der Waals surface area contributed by atoms with Gasteiger partial charge in [0.15, 0.2) is 0 Å². The molecule has 1 heterocycles. The van der Waals surface area contributed by atoms with Crippen LogP contribution in [0.1, 0.15) is 27.7 Å². The second-order valence-corrected chi connectivity index (χ2v) is 8.87. The first-order chi connectivity index (χ1) is 7.95. The normalized spacial score (nSPS) is 30.8. The highest BCUT2D eigenvalue weighted by Gasteiger charge is 2.42. The van der Waals surface area contributed by atoms with E-state index in [0.717, 1.165) is 5.70 Å². The van der Waals surface area contributed by atoms with Gasteiger partial charge in [-0.3, -0.25) is 0 Å². The van der Waals surface area contributed by atoms with Crippen LogP contribution in [0, 0.1) is 10.8 Å². The lowest BCUT2D eigenvalue weighted by molar-refractivity contribution is 0.305. The van der Waals surface area contributed by atoms with Crippen LogP contribution in [-0.4, -0.2) is 34.8 Å². The van der Waals surface area contributed by atoms with E-state index in [1.54, 1.807) is 19.1 Å². The Labute approximate surface area is 111 Å². The Hall–Kier alpha value is -0.750. The molecule has 0 radical (unpaired) electrons. The Balaban J connectivity index is 3.56. The van der Waals surface area contributed by atoms with Crippen molar-refractivity contribution in [1.29, 1.82) is 0 Å². The average molecular weight is 274 g/mol. The van der Waals surface area contributed by atoms with Gasteiger partial charge in [-0.2, -0.15) is 0 Å². The van der Waals surface area contributed by atoms with E-state index < -0.39 is 9.73 Å². The molecule has 18 heavy (non-hydrogen) atoms. The summed E-state index contributed by atoms with van der Waals surface area (Å²) >= 11 is 0. The number of allylic oxidation sites excluding steroid dienone is 2. The van der Waals surface area contributed by atoms with Crippen LogP contribution in [0.3, 0.4) is 0 Å². The van der Waals surface area contributed by atoms with E-state index in [2.05, 4.69) is 4.36 Å². The zero-order valence-electron chi connectivity index (χ0n) is 12.3. The molecular weight excluding hydrogens is 248 g/mol. The average Bonchev–Trinajstić information content (AvgIpc) is 2.18. The van der Waals surface area contributed by atoms with Gasteiger partial charge in [-0.15, -0.1) is 0 Å². The molecule has 1 atom stereocenters. The molecule has 0 aromatic rings. The first-order valence-corrected chi connectivity index (χ1v) is 7.90. The van der Waals surface area contributed by atoms with Crippen LogP contribution in [0.25, 0.3) is 0 Å². The molecule has 1 aliphatic heterocycles. The summed E-state index contributed by atoms with van der Waals surface area (Å²) in [6.45, 7) is 8.03. The molecule has 1 rings (SSSR count). The fraction of sp³-hybridized carbons (Fsp3) is 0.833. The standard InChI is InChI=1S/C12H26N4OS/c1-11(2)7-18(17,15-5)8-12(3,4)10(9(11)13)16(6)14/h7-8,13-14H2,1-6H3. The quantitative estimate of drug-likeness (QED) is 0.554. The third-order valence-corrected chi connectivity index (χ3v) is 6.49. The largest absolute Gasteiger partial charge is 0.400 e. The van der Waals surface area contributed by atoms with Gasteiger partial charge in [-0.1, -0.05) is 27.7 Å². The summed E-state index contributed by atoms with van der Waals surface area (Å²) in [5, 5.41) is 1.55. The first kappa shape index (κ1) is 15.3. The van der Waals surface area contributed by atoms with Crippen molar-refractivity contribution in [3.8, 4) is 0 Å². The van der Waals surface area contributed by atoms with Gasteiger partial charge in [-0.25, -0.2) is 14.4 Å². The minimum Gasteiger partial charge on any atom is -0.400 e. The van der Waals surface area contributed by atoms with Crippen molar-refractivity contribution in [3.63, 3.8) is 0 Å². The van der Waals surface area contributed by atoms with E-state index >= 15 is 0 Å². The number of rotatable bonds is 1. The molecule has 1 aliphatic rings. The van der Waals surface area contributed by atoms with E-state index in [1.807, 2.05) is 27.7 Å². The Kier molecular flexibility index (Phi) is 3.76. The SMILES string of the molecule is CN=S1(=O)CC(C)(C)C(N)=C(N(C)N)C(C)(C)C1. The van der Waals surface area contributed by atoms with Crippen molar-refractivity contribution in [2.24, 2.45) is 26.8 Å². The molecule has 0 spiro atoms. The molecule has 0 aromatic heterocycles. The van der Waals surface area contributed by atoms with Gasteiger partial charge in [0.25, 0.3) is 0 Å². The highest BCUT2D eigenvalue weighted by atomic mass is 32.2. The Bertz CT molecular complexity index is 482. The van der Waals surface area contributed by atoms with Crippen LogP contribution in [0.5, 0.6) is 0 Å². The van der Waals surface area contributed by atoms with Crippen molar-refractivity contribution >= 4 is 9.73 Å². The molecule has 0 saturated carbocycles. The number of hydrogen-bond acceptors (Lipinski definition) is 5. The van der Waals surface area contributed by atoms with Crippen LogP contribution in [-0.2, 0) is 9.73 Å². The van der Waals surface area contributed by atoms with Crippen LogP contribution in [0.15, 0.2) is 15.8 Å². The lowest BCUT2D eigenvalue weighted by Gasteiger charge is -2.34. The van der Waals surface area contributed by atoms with Crippen LogP contribution in [0.2, 0.25) is 0 Å². The minimum atomic E-state index is -2.26. The molecule has 0 bridgehead atoms. The second kappa shape index (κ2) is 4.42. The van der Waals surface area contributed by atoms with Crippen LogP contribution in [0.4, 0.5) is 0 Å². The summed E-state index contributed by atoms with van der Waals surface area (Å²) in [5.74, 6) is 6.88. The predicted molar refractivity (Wildman–Crippen MR) is 77.0 cm³/mol. The first-order valence-electron chi connectivity index (χ1n) is 6.05. The third-order valence-electron chi connectivity index (χ3n) is 3.48. The maximum absolute atomic E-state index is 12.8. The third kappa shape index (κ3) is 2.64. The van der Waals surface area contributed by atoms with E-state index in [0.29, 0.717) is 17.2 Å². The van der Waals surface area contributed by atoms with Crippen LogP contribution < -0.4 is 11.6 Å². The van der Waals surface area contributed by atoms with Crippen molar-refractivity contribution in [2.45, 2.75) is 27.7 Å². The van der Waals surface area contributed by atoms with Gasteiger partial charge in [0.2, 0.25) is 0 Å². The topological polar surface area (TPSA) is 84.7 Å². The van der Waals surface area contributed by atoms with Crippen molar-refractivity contribution in [2.75, 3.05) is 25.6 Å². The molecule has 1 unspecified atom stereocenters. The summed E-state index contributed by atoms with van der Waals surface area (Å²) in [7, 11) is 1.14. The van der Waals surface area contributed by atoms with E-state index in [1.165, 1.54) is 0 Å². The molecule has 0 aromatic carbocycles. The fourth-order valence-corrected chi connectivity index (χ4v) is 5.71. The maximum Gasteiger partial charge on any atom is 0.0546 e. The van der Waals surface area contributed by atoms with Gasteiger partial charge in [0.05, 0.1) is 5.70 Å². The molecule has 0 amide bonds. The monoisotopic (exact) mass is 274 g/mol. The Morgan fingerprint density at radius 3 is 2.06 bits per heavy atom. The zero-order chi connectivity index (χ0) is 14.4. The summed E-state index contributed by atoms with van der Waals surface area (Å²) in [6.07, 6.45) is 0. The fourth-order valence-electron chi connectivity index (χ4n) is 2.81. The van der Waals surface area contributed by atoms with Crippen LogP contribution >= 0.6 is 0 Å². The lowest BCUT2D eigenvalue weighted by atomic mass is 9.82. The van der Waals surface area contributed by atoms with Gasteiger partial charge in [0, 0.05) is 51.9 Å². The number of hydrazine groups is 1. The van der Waals surface area contributed by atoms with Gasteiger partial charge in [0.1, 0.15) is 0 Å². The second-order valence-electron chi connectivity index (χ2n) is 6.38. The minimum absolute atomic E-state index is 0.349. The summed E-state index contributed by atoms with van der Waals surface area (Å²) in [6, 6.07) is 0. The highest BCUT2D eigenvalue weighted by Crippen LogP contribution is 2.41. The summed E-state index contributed by atoms with van der Waals surface area (Å²) < 4.78 is 17.0. The zero-order valence-corrected chi connectivity index (χ0v) is 13.1. The molecule has 6 heteroatoms. The van der Waals surface area contributed by atoms with Crippen molar-refractivity contribution in [1.82, 2.24) is 5.01 Å². The lowest BCUT2D eigenvalue weighted by Crippen LogP contribution is -2.39. The van der Waals surface area contributed by atoms with E-state index in [-0.39, 0.29) is 10.8 Å². The molecule has 0 aliphatic carbocycles. The molecule has 106 valence electrons. The number of nitrogens with zero attached hydrogens (tertiary/aromatic N) is 2. The smallest absolute Gasteiger partial charge is 0.0546 e. The van der Waals surface area contributed by atoms with E-state index in [4.69, 9.17) is 11.6 Å². The van der Waals surface area contributed by atoms with Gasteiger partial charge < -0.3 is 10.7 Å². The molecule has 5 nitrogen and oxygen atoms in total. The highest BCUT2D eigenvalue weighted by molar-refractivity contribution is 7.93. The summed E-state index contributed by atoms with van der Waals surface area (Å²) in [5.41, 5.74) is 7.16. The maximum atomic E-state index is 12.8. The molecule has 0 saturated heterocycles. The molecular formula is C12H26N4OS. The predicted octanol–water partition coefficient (Wildman–Crippen LogP) is 1.13. The summed E-state index contributed by atoms with van der Waals surface area (Å²) in [4.78, 5) is 0. The number of hydrogen-bond donors (Lipinski definition) is 2. The van der Waals surface area contributed by atoms with Crippen molar-refractivity contribution < 1.29 is 4.21 Å². The van der Waals surface area contributed by atoms with Gasteiger partial charge >= 0.3 is 0 Å². The molecule has 0 fully saturated rings. The Morgan fingerprint density at radius 1 is 1.22 bits per heavy atom. The van der Waals surface area contributed by atoms with E-state index in [9.17, 15) is 4.21 Å². The van der Waals surface area contributed by atoms with Crippen molar-refractivity contribution in [3.05, 3.63) is 11.4 Å². The van der Waals surface area contributed by atoms with Gasteiger partial charge in [-0.05, 0) is 0 Å². The number of nitrogens with two attached hydrogens (primary N) is 2. The Morgan fingerprint density at radius 2 is 1.67 bits per heavy atom. The molecule has 4 N–H and O–H groups in total.